The minimum Gasteiger partial charge on any atom is -0.496 e. The molecule has 1 aliphatic carbocycles. The Morgan fingerprint density at radius 2 is 1.85 bits per heavy atom. The van der Waals surface area contributed by atoms with Crippen molar-refractivity contribution in [1.82, 2.24) is 0 Å². The van der Waals surface area contributed by atoms with Crippen molar-refractivity contribution >= 4 is 11.6 Å². The van der Waals surface area contributed by atoms with Crippen LogP contribution < -0.4 is 4.74 Å². The third-order valence-electron chi connectivity index (χ3n) is 3.82. The molecule has 0 bridgehead atoms. The van der Waals surface area contributed by atoms with E-state index in [9.17, 15) is 9.59 Å². The van der Waals surface area contributed by atoms with Gasteiger partial charge in [-0.25, -0.2) is 0 Å². The quantitative estimate of drug-likeness (QED) is 0.830. The van der Waals surface area contributed by atoms with E-state index in [0.717, 1.165) is 24.8 Å². The number of carbonyl (C=O) groups excluding carboxylic acids is 2. The Bertz CT molecular complexity index is 595. The molecule has 0 radical (unpaired) electrons. The maximum atomic E-state index is 12.2. The molecule has 104 valence electrons. The van der Waals surface area contributed by atoms with Gasteiger partial charge in [0.05, 0.1) is 18.8 Å². The molecule has 0 N–H and O–H groups in total. The Labute approximate surface area is 117 Å². The first-order valence-electron chi connectivity index (χ1n) is 6.81. The molecule has 0 aromatic heterocycles. The lowest BCUT2D eigenvalue weighted by molar-refractivity contribution is 0.0144. The van der Waals surface area contributed by atoms with Crippen LogP contribution in [-0.4, -0.2) is 25.3 Å². The van der Waals surface area contributed by atoms with E-state index in [-0.39, 0.29) is 17.7 Å². The predicted molar refractivity (Wildman–Crippen MR) is 73.3 cm³/mol. The maximum Gasteiger partial charge on any atom is 0.190 e. The first-order valence-corrected chi connectivity index (χ1v) is 6.81. The van der Waals surface area contributed by atoms with Crippen molar-refractivity contribution < 1.29 is 19.1 Å². The zero-order valence-corrected chi connectivity index (χ0v) is 11.3. The summed E-state index contributed by atoms with van der Waals surface area (Å²) in [4.78, 5) is 24.3. The number of fused-ring (bicyclic) bond motifs is 1. The molecular weight excluding hydrogens is 256 g/mol. The lowest BCUT2D eigenvalue weighted by Crippen LogP contribution is -2.20. The zero-order valence-electron chi connectivity index (χ0n) is 11.3. The first-order chi connectivity index (χ1) is 9.72. The minimum atomic E-state index is -0.186. The van der Waals surface area contributed by atoms with Crippen molar-refractivity contribution in [2.45, 2.75) is 25.4 Å². The molecule has 1 heterocycles. The zero-order chi connectivity index (χ0) is 14.1. The van der Waals surface area contributed by atoms with Crippen molar-refractivity contribution in [1.29, 1.82) is 0 Å². The molecule has 1 aromatic carbocycles. The summed E-state index contributed by atoms with van der Waals surface area (Å²) in [5.74, 6) is 0.110. The molecule has 1 aromatic rings. The van der Waals surface area contributed by atoms with Crippen LogP contribution in [0.1, 0.15) is 51.6 Å². The molecule has 2 aliphatic rings. The second-order valence-electron chi connectivity index (χ2n) is 5.02. The second-order valence-corrected chi connectivity index (χ2v) is 5.02. The molecule has 1 unspecified atom stereocenters. The predicted octanol–water partition coefficient (Wildman–Crippen LogP) is 2.87. The van der Waals surface area contributed by atoms with Gasteiger partial charge >= 0.3 is 0 Å². The Morgan fingerprint density at radius 1 is 1.10 bits per heavy atom. The van der Waals surface area contributed by atoms with E-state index in [4.69, 9.17) is 9.47 Å². The summed E-state index contributed by atoms with van der Waals surface area (Å²) in [7, 11) is 1.50. The summed E-state index contributed by atoms with van der Waals surface area (Å²) >= 11 is 0. The highest BCUT2D eigenvalue weighted by molar-refractivity contribution is 6.23. The van der Waals surface area contributed by atoms with Gasteiger partial charge in [0.1, 0.15) is 5.75 Å². The average Bonchev–Trinajstić information content (AvgIpc) is 2.50. The van der Waals surface area contributed by atoms with E-state index in [1.165, 1.54) is 19.3 Å². The average molecular weight is 272 g/mol. The highest BCUT2D eigenvalue weighted by Crippen LogP contribution is 2.37. The van der Waals surface area contributed by atoms with Gasteiger partial charge in [-0.15, -0.1) is 0 Å². The van der Waals surface area contributed by atoms with E-state index in [0.29, 0.717) is 23.5 Å². The van der Waals surface area contributed by atoms with E-state index in [2.05, 4.69) is 0 Å². The van der Waals surface area contributed by atoms with Gasteiger partial charge in [0.15, 0.2) is 11.6 Å². The number of allylic oxidation sites excluding steroid dienone is 2. The van der Waals surface area contributed by atoms with Crippen molar-refractivity contribution in [3.05, 3.63) is 41.0 Å². The summed E-state index contributed by atoms with van der Waals surface area (Å²) in [5.41, 5.74) is 1.62. The van der Waals surface area contributed by atoms with Crippen LogP contribution in [0.25, 0.3) is 0 Å². The summed E-state index contributed by atoms with van der Waals surface area (Å²) in [6, 6.07) is 3.59. The highest BCUT2D eigenvalue weighted by Gasteiger charge is 2.30. The van der Waals surface area contributed by atoms with Gasteiger partial charge < -0.3 is 9.47 Å². The summed E-state index contributed by atoms with van der Waals surface area (Å²) in [6.45, 7) is 0.698. The third kappa shape index (κ3) is 2.06. The number of ether oxygens (including phenoxy) is 2. The largest absolute Gasteiger partial charge is 0.496 e. The van der Waals surface area contributed by atoms with Crippen molar-refractivity contribution in [2.75, 3.05) is 13.7 Å². The Kier molecular flexibility index (Phi) is 3.40. The van der Waals surface area contributed by atoms with Gasteiger partial charge in [0, 0.05) is 12.2 Å². The third-order valence-corrected chi connectivity index (χ3v) is 3.82. The molecule has 4 nitrogen and oxygen atoms in total. The van der Waals surface area contributed by atoms with Crippen LogP contribution in [0.5, 0.6) is 5.75 Å². The number of carbonyl (C=O) groups is 2. The number of methoxy groups -OCH3 is 1. The highest BCUT2D eigenvalue weighted by atomic mass is 16.5. The van der Waals surface area contributed by atoms with Crippen molar-refractivity contribution in [2.24, 2.45) is 0 Å². The SMILES string of the molecule is COc1ccc(C2CCCCO2)c2c1C(=O)C=CC2=O. The fraction of sp³-hybridized carbons (Fsp3) is 0.375. The summed E-state index contributed by atoms with van der Waals surface area (Å²) < 4.78 is 11.0. The fourth-order valence-corrected chi connectivity index (χ4v) is 2.85. The molecule has 3 rings (SSSR count). The number of hydrogen-bond acceptors (Lipinski definition) is 4. The standard InChI is InChI=1S/C16H16O4/c1-19-14-8-5-10(13-4-2-3-9-20-13)15-11(17)6-7-12(18)16(14)15/h5-8,13H,2-4,9H2,1H3. The molecule has 4 heteroatoms. The lowest BCUT2D eigenvalue weighted by atomic mass is 9.86. The van der Waals surface area contributed by atoms with E-state index in [1.54, 1.807) is 6.07 Å². The van der Waals surface area contributed by atoms with Crippen molar-refractivity contribution in [3.8, 4) is 5.75 Å². The van der Waals surface area contributed by atoms with Gasteiger partial charge in [-0.1, -0.05) is 6.07 Å². The number of ketones is 2. The van der Waals surface area contributed by atoms with E-state index < -0.39 is 0 Å². The van der Waals surface area contributed by atoms with Crippen LogP contribution in [0, 0.1) is 0 Å². The number of rotatable bonds is 2. The fourth-order valence-electron chi connectivity index (χ4n) is 2.85. The first kappa shape index (κ1) is 13.1. The number of hydrogen-bond donors (Lipinski definition) is 0. The van der Waals surface area contributed by atoms with Gasteiger partial charge in [-0.2, -0.15) is 0 Å². The Balaban J connectivity index is 2.15. The molecule has 0 amide bonds. The number of benzene rings is 1. The van der Waals surface area contributed by atoms with Crippen LogP contribution in [-0.2, 0) is 4.74 Å². The van der Waals surface area contributed by atoms with E-state index in [1.807, 2.05) is 6.07 Å². The molecule has 1 aliphatic heterocycles. The van der Waals surface area contributed by atoms with Crippen LogP contribution in [0.4, 0.5) is 0 Å². The van der Waals surface area contributed by atoms with Crippen LogP contribution in [0.3, 0.4) is 0 Å². The second kappa shape index (κ2) is 5.21. The lowest BCUT2D eigenvalue weighted by Gasteiger charge is -2.26. The van der Waals surface area contributed by atoms with Gasteiger partial charge in [0.25, 0.3) is 0 Å². The van der Waals surface area contributed by atoms with Crippen LogP contribution >= 0.6 is 0 Å². The Morgan fingerprint density at radius 3 is 2.50 bits per heavy atom. The minimum absolute atomic E-state index is 0.105. The normalized spacial score (nSPS) is 21.8. The van der Waals surface area contributed by atoms with E-state index >= 15 is 0 Å². The topological polar surface area (TPSA) is 52.6 Å². The molecule has 1 atom stereocenters. The molecule has 0 saturated carbocycles. The molecular formula is C16H16O4. The van der Waals surface area contributed by atoms with Crippen molar-refractivity contribution in [3.63, 3.8) is 0 Å². The van der Waals surface area contributed by atoms with Gasteiger partial charge in [-0.05, 0) is 43.0 Å². The molecule has 20 heavy (non-hydrogen) atoms. The van der Waals surface area contributed by atoms with Crippen LogP contribution in [0.2, 0.25) is 0 Å². The van der Waals surface area contributed by atoms with Gasteiger partial charge in [-0.3, -0.25) is 9.59 Å². The molecule has 0 spiro atoms. The monoisotopic (exact) mass is 272 g/mol. The maximum absolute atomic E-state index is 12.2. The summed E-state index contributed by atoms with van der Waals surface area (Å²) in [5, 5.41) is 0. The molecule has 1 saturated heterocycles. The smallest absolute Gasteiger partial charge is 0.190 e. The Hall–Kier alpha value is -1.94. The van der Waals surface area contributed by atoms with Crippen LogP contribution in [0.15, 0.2) is 24.3 Å². The van der Waals surface area contributed by atoms with Gasteiger partial charge in [0.2, 0.25) is 0 Å². The molecule has 1 fully saturated rings. The summed E-state index contributed by atoms with van der Waals surface area (Å²) in [6.07, 6.45) is 5.52.